The second-order valence-corrected chi connectivity index (χ2v) is 16.8. The molecule has 7 aromatic carbocycles. The lowest BCUT2D eigenvalue weighted by atomic mass is 9.72. The van der Waals surface area contributed by atoms with Gasteiger partial charge in [-0.15, -0.1) is 0 Å². The normalized spacial score (nSPS) is 19.8. The monoisotopic (exact) mass is 739 g/mol. The van der Waals surface area contributed by atoms with E-state index in [1.807, 2.05) is 6.07 Å². The zero-order chi connectivity index (χ0) is 37.7. The van der Waals surface area contributed by atoms with Crippen LogP contribution >= 0.6 is 0 Å². The van der Waals surface area contributed by atoms with E-state index in [0.29, 0.717) is 0 Å². The molecule has 11 aromatic rings. The molecule has 0 spiro atoms. The fraction of sp³-hybridized carbons (Fsp3) is 0.0755. The first-order valence-corrected chi connectivity index (χ1v) is 20.2. The number of hydrogen-bond acceptors (Lipinski definition) is 3. The summed E-state index contributed by atoms with van der Waals surface area (Å²) in [5, 5.41) is 4.37. The van der Waals surface area contributed by atoms with Gasteiger partial charge in [-0.25, -0.2) is 4.98 Å². The number of Topliss-reactive ketones (excluding diaryl/α,β-unsaturated/α-hetero) is 2. The van der Waals surface area contributed by atoms with Crippen LogP contribution in [0.25, 0.3) is 54.8 Å². The zero-order valence-corrected chi connectivity index (χ0v) is 30.9. The van der Waals surface area contributed by atoms with Crippen molar-refractivity contribution in [3.63, 3.8) is 0 Å². The summed E-state index contributed by atoms with van der Waals surface area (Å²) in [5.74, 6) is -0.597. The molecule has 6 aliphatic rings. The van der Waals surface area contributed by atoms with Crippen LogP contribution in [0.1, 0.15) is 100 Å². The van der Waals surface area contributed by atoms with Crippen molar-refractivity contribution in [2.45, 2.75) is 23.7 Å². The molecule has 0 N–H and O–H groups in total. The van der Waals surface area contributed by atoms with Crippen molar-refractivity contribution in [3.05, 3.63) is 219 Å². The number of ketones is 2. The molecule has 0 radical (unpaired) electrons. The molecular formula is C53H29N3O2. The molecule has 17 rings (SSSR count). The molecule has 0 fully saturated rings. The summed E-state index contributed by atoms with van der Waals surface area (Å²) in [5.41, 5.74) is 18.8. The summed E-state index contributed by atoms with van der Waals surface area (Å²) in [6, 6.07) is 51.5. The third-order valence-electron chi connectivity index (χ3n) is 14.3. The van der Waals surface area contributed by atoms with Gasteiger partial charge in [0.25, 0.3) is 0 Å². The maximum absolute atomic E-state index is 15.2. The van der Waals surface area contributed by atoms with Crippen molar-refractivity contribution in [2.75, 3.05) is 0 Å². The van der Waals surface area contributed by atoms with E-state index in [9.17, 15) is 0 Å². The fourth-order valence-electron chi connectivity index (χ4n) is 12.1. The van der Waals surface area contributed by atoms with Gasteiger partial charge in [-0.05, 0) is 98.1 Å². The quantitative estimate of drug-likeness (QED) is 0.156. The summed E-state index contributed by atoms with van der Waals surface area (Å²) in [6.45, 7) is 0. The number of carbonyl (C=O) groups is 2. The van der Waals surface area contributed by atoms with E-state index in [1.165, 1.54) is 22.3 Å². The minimum atomic E-state index is -0.370. The van der Waals surface area contributed by atoms with E-state index in [2.05, 4.69) is 155 Å². The van der Waals surface area contributed by atoms with E-state index in [-0.39, 0.29) is 35.2 Å². The van der Waals surface area contributed by atoms with Crippen molar-refractivity contribution in [2.24, 2.45) is 0 Å². The van der Waals surface area contributed by atoms with Crippen molar-refractivity contribution in [3.8, 4) is 0 Å². The topological polar surface area (TPSA) is 55.9 Å². The van der Waals surface area contributed by atoms with Crippen LogP contribution < -0.4 is 0 Å². The van der Waals surface area contributed by atoms with Crippen molar-refractivity contribution < 1.29 is 9.59 Å². The lowest BCUT2D eigenvalue weighted by molar-refractivity contribution is 0.0966. The summed E-state index contributed by atoms with van der Waals surface area (Å²) in [4.78, 5) is 35.6. The molecule has 58 heavy (non-hydrogen) atoms. The van der Waals surface area contributed by atoms with Crippen LogP contribution in [0.15, 0.2) is 152 Å². The van der Waals surface area contributed by atoms with Crippen LogP contribution in [-0.4, -0.2) is 25.4 Å². The predicted molar refractivity (Wildman–Crippen MR) is 227 cm³/mol. The molecule has 0 amide bonds. The number of aromatic nitrogens is 3. The summed E-state index contributed by atoms with van der Waals surface area (Å²) >= 11 is 0. The van der Waals surface area contributed by atoms with E-state index < -0.39 is 0 Å². The van der Waals surface area contributed by atoms with Gasteiger partial charge in [0.15, 0.2) is 11.6 Å². The molecule has 0 saturated carbocycles. The molecule has 268 valence electrons. The minimum Gasteiger partial charge on any atom is -0.308 e. The van der Waals surface area contributed by atoms with Crippen LogP contribution in [0.2, 0.25) is 0 Å². The molecule has 6 aliphatic carbocycles. The number of pyridine rings is 1. The molecule has 0 unspecified atom stereocenters. The Bertz CT molecular complexity index is 3680. The van der Waals surface area contributed by atoms with Crippen LogP contribution in [-0.2, 0) is 0 Å². The molecule has 4 aromatic heterocycles. The largest absolute Gasteiger partial charge is 0.308 e. The Morgan fingerprint density at radius 3 is 1.38 bits per heavy atom. The van der Waals surface area contributed by atoms with Gasteiger partial charge in [-0.2, -0.15) is 0 Å². The fourth-order valence-corrected chi connectivity index (χ4v) is 12.1. The lowest BCUT2D eigenvalue weighted by Crippen LogP contribution is -2.19. The van der Waals surface area contributed by atoms with E-state index in [1.54, 1.807) is 0 Å². The van der Waals surface area contributed by atoms with Gasteiger partial charge >= 0.3 is 0 Å². The number of imidazole rings is 1. The maximum atomic E-state index is 15.2. The standard InChI is InChI=1S/C53H29N3O2/c57-52-38-24-41-34(21-35(38)45-26-11-1-5-15-30(26)47(52)31-16-6-2-12-27(31)45)37-23-43-50(54-44-19-9-10-20-55(43)44)49-40-22-36-39(25-42(40)56(41)51(37)49)53(58)48-32-17-7-3-13-28(32)46(36)29-14-4-8-18-33(29)48/h1-25,45-48H. The SMILES string of the molecule is O=C1c2cc3c(cc2C2c4ccccc4C1c1ccccc12)c1cc2c(nc4ccccn42)c2c4cc5c(cc4n3c12)C(=O)C1c2ccccc2C5c2ccccc21. The number of nitrogens with zero attached hydrogens (tertiary/aromatic N) is 3. The molecular weight excluding hydrogens is 711 g/mol. The predicted octanol–water partition coefficient (Wildman–Crippen LogP) is 11.3. The van der Waals surface area contributed by atoms with Gasteiger partial charge in [0.2, 0.25) is 0 Å². The van der Waals surface area contributed by atoms with Gasteiger partial charge in [0, 0.05) is 50.7 Å². The highest BCUT2D eigenvalue weighted by molar-refractivity contribution is 6.32. The number of hydrogen-bond donors (Lipinski definition) is 0. The highest BCUT2D eigenvalue weighted by Crippen LogP contribution is 2.56. The van der Waals surface area contributed by atoms with Crippen LogP contribution in [0, 0.1) is 0 Å². The van der Waals surface area contributed by atoms with Crippen LogP contribution in [0.4, 0.5) is 0 Å². The average Bonchev–Trinajstić information content (AvgIpc) is 3.82. The van der Waals surface area contributed by atoms with Gasteiger partial charge in [0.1, 0.15) is 5.65 Å². The molecule has 4 bridgehead atoms. The average molecular weight is 740 g/mol. The molecule has 0 aliphatic heterocycles. The first-order chi connectivity index (χ1) is 28.6. The van der Waals surface area contributed by atoms with E-state index in [0.717, 1.165) is 99.3 Å². The van der Waals surface area contributed by atoms with Crippen LogP contribution in [0.3, 0.4) is 0 Å². The summed E-state index contributed by atoms with van der Waals surface area (Å²) in [6.07, 6.45) is 2.09. The Kier molecular flexibility index (Phi) is 5.12. The summed E-state index contributed by atoms with van der Waals surface area (Å²) in [7, 11) is 0. The number of rotatable bonds is 0. The number of benzene rings is 7. The molecule has 0 atom stereocenters. The van der Waals surface area contributed by atoms with Gasteiger partial charge in [-0.3, -0.25) is 14.0 Å². The Balaban J connectivity index is 1.12. The Hall–Kier alpha value is -7.37. The Morgan fingerprint density at radius 2 is 0.862 bits per heavy atom. The first-order valence-electron chi connectivity index (χ1n) is 20.2. The Labute approximate surface area is 330 Å². The highest BCUT2D eigenvalue weighted by Gasteiger charge is 2.45. The first kappa shape index (κ1) is 29.9. The summed E-state index contributed by atoms with van der Waals surface area (Å²) < 4.78 is 4.54. The third-order valence-corrected chi connectivity index (χ3v) is 14.3. The third kappa shape index (κ3) is 3.27. The van der Waals surface area contributed by atoms with Crippen LogP contribution in [0.5, 0.6) is 0 Å². The van der Waals surface area contributed by atoms with Crippen molar-refractivity contribution >= 4 is 66.3 Å². The Morgan fingerprint density at radius 1 is 0.414 bits per heavy atom. The number of carbonyl (C=O) groups excluding carboxylic acids is 2. The van der Waals surface area contributed by atoms with Crippen molar-refractivity contribution in [1.82, 2.24) is 13.8 Å². The molecule has 5 heteroatoms. The molecule has 0 saturated heterocycles. The smallest absolute Gasteiger partial charge is 0.175 e. The second-order valence-electron chi connectivity index (χ2n) is 16.8. The molecule has 5 nitrogen and oxygen atoms in total. The lowest BCUT2D eigenvalue weighted by Gasteiger charge is -2.30. The number of fused-ring (bicyclic) bond motifs is 10. The highest BCUT2D eigenvalue weighted by atomic mass is 16.1. The van der Waals surface area contributed by atoms with Gasteiger partial charge in [-0.1, -0.05) is 103 Å². The second kappa shape index (κ2) is 9.95. The molecule has 4 heterocycles. The van der Waals surface area contributed by atoms with E-state index >= 15 is 9.59 Å². The minimum absolute atomic E-state index is 0.0609. The van der Waals surface area contributed by atoms with Crippen molar-refractivity contribution in [1.29, 1.82) is 0 Å². The van der Waals surface area contributed by atoms with Gasteiger partial charge in [0.05, 0.1) is 39.4 Å². The zero-order valence-electron chi connectivity index (χ0n) is 30.9. The van der Waals surface area contributed by atoms with Gasteiger partial charge < -0.3 is 4.40 Å². The maximum Gasteiger partial charge on any atom is 0.175 e. The van der Waals surface area contributed by atoms with E-state index in [4.69, 9.17) is 4.98 Å².